The van der Waals surface area contributed by atoms with Crippen LogP contribution in [0.2, 0.25) is 0 Å². The standard InChI is InChI=1S/C19H23FN2O3/c1-13-16(14-5-3-4-6-15(14)22(2)18(13)24)17(23)21-12-19(11-20)7-9-25-10-8-19/h3-6H,7-12H2,1-2H3,(H,21,23). The predicted octanol–water partition coefficient (Wildman–Crippen LogP) is 2.34. The van der Waals surface area contributed by atoms with E-state index in [0.717, 1.165) is 5.39 Å². The van der Waals surface area contributed by atoms with Crippen LogP contribution < -0.4 is 10.9 Å². The fraction of sp³-hybridized carbons (Fsp3) is 0.474. The molecule has 0 unspecified atom stereocenters. The fourth-order valence-electron chi connectivity index (χ4n) is 3.46. The molecule has 0 saturated carbocycles. The SMILES string of the molecule is Cc1c(C(=O)NCC2(CF)CCOCC2)c2ccccc2n(C)c1=O. The zero-order valence-corrected chi connectivity index (χ0v) is 14.6. The molecule has 5 nitrogen and oxygen atoms in total. The van der Waals surface area contributed by atoms with Crippen molar-refractivity contribution in [1.82, 2.24) is 9.88 Å². The van der Waals surface area contributed by atoms with Crippen LogP contribution in [0.4, 0.5) is 4.39 Å². The number of rotatable bonds is 4. The Hall–Kier alpha value is -2.21. The first-order chi connectivity index (χ1) is 12.0. The van der Waals surface area contributed by atoms with Crippen molar-refractivity contribution in [2.45, 2.75) is 19.8 Å². The van der Waals surface area contributed by atoms with Gasteiger partial charge in [-0.2, -0.15) is 0 Å². The van der Waals surface area contributed by atoms with Crippen molar-refractivity contribution in [3.8, 4) is 0 Å². The summed E-state index contributed by atoms with van der Waals surface area (Å²) in [7, 11) is 1.69. The Morgan fingerprint density at radius 2 is 2.00 bits per heavy atom. The molecule has 134 valence electrons. The molecule has 0 radical (unpaired) electrons. The van der Waals surface area contributed by atoms with Crippen LogP contribution in [0.25, 0.3) is 10.9 Å². The van der Waals surface area contributed by atoms with Gasteiger partial charge in [0.1, 0.15) is 0 Å². The molecule has 1 aliphatic rings. The number of hydrogen-bond donors (Lipinski definition) is 1. The summed E-state index contributed by atoms with van der Waals surface area (Å²) in [6.45, 7) is 2.42. The molecule has 1 aromatic heterocycles. The molecular weight excluding hydrogens is 323 g/mol. The smallest absolute Gasteiger partial charge is 0.254 e. The summed E-state index contributed by atoms with van der Waals surface area (Å²) >= 11 is 0. The fourth-order valence-corrected chi connectivity index (χ4v) is 3.46. The second-order valence-corrected chi connectivity index (χ2v) is 6.81. The van der Waals surface area contributed by atoms with E-state index in [0.29, 0.717) is 42.7 Å². The van der Waals surface area contributed by atoms with Gasteiger partial charge in [-0.1, -0.05) is 18.2 Å². The first kappa shape index (κ1) is 17.6. The third kappa shape index (κ3) is 3.18. The number of benzene rings is 1. The molecule has 1 N–H and O–H groups in total. The number of nitrogens with zero attached hydrogens (tertiary/aromatic N) is 1. The van der Waals surface area contributed by atoms with Gasteiger partial charge in [-0.3, -0.25) is 14.0 Å². The largest absolute Gasteiger partial charge is 0.381 e. The lowest BCUT2D eigenvalue weighted by Crippen LogP contribution is -2.43. The minimum atomic E-state index is -0.572. The highest BCUT2D eigenvalue weighted by atomic mass is 19.1. The molecular formula is C19H23FN2O3. The van der Waals surface area contributed by atoms with E-state index < -0.39 is 12.1 Å². The normalized spacial score (nSPS) is 16.8. The van der Waals surface area contributed by atoms with E-state index in [2.05, 4.69) is 5.32 Å². The summed E-state index contributed by atoms with van der Waals surface area (Å²) in [6, 6.07) is 7.31. The number of carbonyl (C=O) groups excluding carboxylic acids is 1. The maximum atomic E-state index is 13.6. The van der Waals surface area contributed by atoms with Crippen molar-refractivity contribution in [2.75, 3.05) is 26.4 Å². The van der Waals surface area contributed by atoms with Crippen molar-refractivity contribution in [3.63, 3.8) is 0 Å². The summed E-state index contributed by atoms with van der Waals surface area (Å²) in [6.07, 6.45) is 1.17. The van der Waals surface area contributed by atoms with Gasteiger partial charge in [0.25, 0.3) is 11.5 Å². The highest BCUT2D eigenvalue weighted by molar-refractivity contribution is 6.07. The van der Waals surface area contributed by atoms with E-state index in [4.69, 9.17) is 4.74 Å². The number of aromatic nitrogens is 1. The Balaban J connectivity index is 1.94. The molecule has 1 saturated heterocycles. The van der Waals surface area contributed by atoms with Gasteiger partial charge in [0.05, 0.1) is 17.8 Å². The molecule has 0 atom stereocenters. The van der Waals surface area contributed by atoms with Crippen LogP contribution in [0.5, 0.6) is 0 Å². The van der Waals surface area contributed by atoms with Gasteiger partial charge in [0.15, 0.2) is 0 Å². The summed E-state index contributed by atoms with van der Waals surface area (Å²) in [4.78, 5) is 25.3. The number of hydrogen-bond acceptors (Lipinski definition) is 3. The van der Waals surface area contributed by atoms with Crippen LogP contribution in [0.1, 0.15) is 28.8 Å². The van der Waals surface area contributed by atoms with Gasteiger partial charge in [-0.05, 0) is 25.8 Å². The number of aryl methyl sites for hydroxylation is 1. The summed E-state index contributed by atoms with van der Waals surface area (Å²) < 4.78 is 20.4. The Morgan fingerprint density at radius 3 is 2.68 bits per heavy atom. The lowest BCUT2D eigenvalue weighted by Gasteiger charge is -2.34. The number of amides is 1. The van der Waals surface area contributed by atoms with Crippen LogP contribution in [0.3, 0.4) is 0 Å². The van der Waals surface area contributed by atoms with E-state index in [-0.39, 0.29) is 18.0 Å². The molecule has 0 spiro atoms. The van der Waals surface area contributed by atoms with E-state index >= 15 is 0 Å². The second kappa shape index (κ2) is 6.96. The minimum Gasteiger partial charge on any atom is -0.381 e. The number of para-hydroxylation sites is 1. The predicted molar refractivity (Wildman–Crippen MR) is 94.7 cm³/mol. The molecule has 3 rings (SSSR count). The number of fused-ring (bicyclic) bond motifs is 1. The highest BCUT2D eigenvalue weighted by Crippen LogP contribution is 2.30. The van der Waals surface area contributed by atoms with Crippen molar-refractivity contribution >= 4 is 16.8 Å². The van der Waals surface area contributed by atoms with Gasteiger partial charge in [-0.25, -0.2) is 0 Å². The van der Waals surface area contributed by atoms with E-state index in [1.807, 2.05) is 24.3 Å². The van der Waals surface area contributed by atoms with E-state index in [9.17, 15) is 14.0 Å². The zero-order chi connectivity index (χ0) is 18.0. The van der Waals surface area contributed by atoms with Gasteiger partial charge in [0, 0.05) is 43.2 Å². The average molecular weight is 346 g/mol. The van der Waals surface area contributed by atoms with Crippen LogP contribution in [-0.2, 0) is 11.8 Å². The second-order valence-electron chi connectivity index (χ2n) is 6.81. The Labute approximate surface area is 145 Å². The van der Waals surface area contributed by atoms with Crippen molar-refractivity contribution in [3.05, 3.63) is 45.7 Å². The Kier molecular flexibility index (Phi) is 4.90. The van der Waals surface area contributed by atoms with Gasteiger partial charge in [0.2, 0.25) is 0 Å². The van der Waals surface area contributed by atoms with Crippen molar-refractivity contribution in [2.24, 2.45) is 12.5 Å². The topological polar surface area (TPSA) is 60.3 Å². The molecule has 6 heteroatoms. The third-order valence-corrected chi connectivity index (χ3v) is 5.22. The molecule has 1 fully saturated rings. The van der Waals surface area contributed by atoms with E-state index in [1.54, 1.807) is 18.5 Å². The van der Waals surface area contributed by atoms with Gasteiger partial charge in [-0.15, -0.1) is 0 Å². The molecule has 0 aliphatic carbocycles. The van der Waals surface area contributed by atoms with Crippen LogP contribution in [0.15, 0.2) is 29.1 Å². The lowest BCUT2D eigenvalue weighted by molar-refractivity contribution is 0.00262. The van der Waals surface area contributed by atoms with Crippen molar-refractivity contribution < 1.29 is 13.9 Å². The average Bonchev–Trinajstić information content (AvgIpc) is 2.65. The zero-order valence-electron chi connectivity index (χ0n) is 14.6. The third-order valence-electron chi connectivity index (χ3n) is 5.22. The number of nitrogens with one attached hydrogen (secondary N) is 1. The number of ether oxygens (including phenoxy) is 1. The summed E-state index contributed by atoms with van der Waals surface area (Å²) in [5, 5.41) is 3.58. The Bertz CT molecular complexity index is 854. The molecule has 1 amide bonds. The lowest BCUT2D eigenvalue weighted by atomic mass is 9.81. The molecule has 0 bridgehead atoms. The monoisotopic (exact) mass is 346 g/mol. The van der Waals surface area contributed by atoms with E-state index in [1.165, 1.54) is 0 Å². The number of carbonyl (C=O) groups is 1. The quantitative estimate of drug-likeness (QED) is 0.924. The molecule has 25 heavy (non-hydrogen) atoms. The molecule has 1 aliphatic heterocycles. The molecule has 2 heterocycles. The molecule has 1 aromatic carbocycles. The maximum Gasteiger partial charge on any atom is 0.254 e. The van der Waals surface area contributed by atoms with Crippen LogP contribution in [0, 0.1) is 12.3 Å². The summed E-state index contributed by atoms with van der Waals surface area (Å²) in [5.41, 5.74) is 0.710. The van der Waals surface area contributed by atoms with Crippen LogP contribution >= 0.6 is 0 Å². The number of alkyl halides is 1. The van der Waals surface area contributed by atoms with Gasteiger partial charge >= 0.3 is 0 Å². The Morgan fingerprint density at radius 1 is 1.32 bits per heavy atom. The number of pyridine rings is 1. The first-order valence-corrected chi connectivity index (χ1v) is 8.49. The minimum absolute atomic E-state index is 0.199. The maximum absolute atomic E-state index is 13.6. The summed E-state index contributed by atoms with van der Waals surface area (Å²) in [5.74, 6) is -0.328. The van der Waals surface area contributed by atoms with Crippen LogP contribution in [-0.4, -0.2) is 36.9 Å². The van der Waals surface area contributed by atoms with Gasteiger partial charge < -0.3 is 14.6 Å². The number of halogens is 1. The molecule has 2 aromatic rings. The van der Waals surface area contributed by atoms with Crippen molar-refractivity contribution in [1.29, 1.82) is 0 Å². The highest BCUT2D eigenvalue weighted by Gasteiger charge is 2.33. The first-order valence-electron chi connectivity index (χ1n) is 8.49.